The van der Waals surface area contributed by atoms with Crippen LogP contribution in [-0.4, -0.2) is 66.4 Å². The molecule has 0 atom stereocenters. The van der Waals surface area contributed by atoms with E-state index in [4.69, 9.17) is 24.5 Å². The Kier molecular flexibility index (Phi) is 10.4. The third kappa shape index (κ3) is 9.40. The van der Waals surface area contributed by atoms with Crippen LogP contribution >= 0.6 is 0 Å². The van der Waals surface area contributed by atoms with Crippen molar-refractivity contribution in [1.82, 2.24) is 10.2 Å². The molecular weight excluding hydrogens is 348 g/mol. The first-order chi connectivity index (χ1) is 12.8. The Morgan fingerprint density at radius 1 is 1.15 bits per heavy atom. The van der Waals surface area contributed by atoms with E-state index in [1.54, 1.807) is 0 Å². The molecule has 1 aliphatic rings. The van der Waals surface area contributed by atoms with Crippen LogP contribution in [-0.2, 0) is 9.59 Å². The normalized spacial score (nSPS) is 14.4. The van der Waals surface area contributed by atoms with E-state index < -0.39 is 11.9 Å². The minimum atomic E-state index is -1.82. The van der Waals surface area contributed by atoms with Gasteiger partial charge in [-0.15, -0.1) is 0 Å². The summed E-state index contributed by atoms with van der Waals surface area (Å²) in [5, 5.41) is 18.2. The molecule has 1 heterocycles. The molecular formula is C20H32N2O5. The lowest BCUT2D eigenvalue weighted by molar-refractivity contribution is -0.159. The fourth-order valence-electron chi connectivity index (χ4n) is 2.80. The maximum Gasteiger partial charge on any atom is 0.414 e. The van der Waals surface area contributed by atoms with Gasteiger partial charge < -0.3 is 25.2 Å². The van der Waals surface area contributed by atoms with Gasteiger partial charge in [0, 0.05) is 26.2 Å². The summed E-state index contributed by atoms with van der Waals surface area (Å²) in [7, 11) is 0. The maximum atomic E-state index is 9.10. The number of aryl methyl sites for hydroxylation is 1. The van der Waals surface area contributed by atoms with Gasteiger partial charge in [0.2, 0.25) is 0 Å². The molecule has 1 saturated heterocycles. The molecule has 0 amide bonds. The van der Waals surface area contributed by atoms with Gasteiger partial charge in [0.05, 0.1) is 6.61 Å². The van der Waals surface area contributed by atoms with Crippen LogP contribution in [0.15, 0.2) is 18.2 Å². The van der Waals surface area contributed by atoms with Crippen molar-refractivity contribution in [3.63, 3.8) is 0 Å². The number of carbonyl (C=O) groups is 2. The minimum Gasteiger partial charge on any atom is -0.493 e. The molecule has 1 aliphatic heterocycles. The van der Waals surface area contributed by atoms with Gasteiger partial charge in [-0.05, 0) is 49.4 Å². The zero-order chi connectivity index (χ0) is 20.2. The van der Waals surface area contributed by atoms with Crippen LogP contribution in [0.2, 0.25) is 0 Å². The summed E-state index contributed by atoms with van der Waals surface area (Å²) in [4.78, 5) is 20.7. The SMILES string of the molecule is Cc1ccc(C(C)C)c(OCCCCN2CCNCC2)c1.O=C(O)C(=O)O. The van der Waals surface area contributed by atoms with E-state index >= 15 is 0 Å². The zero-order valence-electron chi connectivity index (χ0n) is 16.5. The highest BCUT2D eigenvalue weighted by Gasteiger charge is 2.10. The molecule has 2 rings (SSSR count). The number of hydrogen-bond donors (Lipinski definition) is 3. The van der Waals surface area contributed by atoms with Crippen LogP contribution in [0, 0.1) is 6.92 Å². The molecule has 0 aromatic heterocycles. The lowest BCUT2D eigenvalue weighted by Crippen LogP contribution is -2.43. The monoisotopic (exact) mass is 380 g/mol. The van der Waals surface area contributed by atoms with Crippen molar-refractivity contribution in [2.24, 2.45) is 0 Å². The largest absolute Gasteiger partial charge is 0.493 e. The number of aliphatic carboxylic acids is 2. The Bertz CT molecular complexity index is 586. The summed E-state index contributed by atoms with van der Waals surface area (Å²) in [6.07, 6.45) is 2.36. The molecule has 7 heteroatoms. The second kappa shape index (κ2) is 12.3. The number of rotatable bonds is 7. The van der Waals surface area contributed by atoms with Gasteiger partial charge in [-0.2, -0.15) is 0 Å². The third-order valence-corrected chi connectivity index (χ3v) is 4.31. The lowest BCUT2D eigenvalue weighted by Gasteiger charge is -2.27. The molecule has 1 aromatic carbocycles. The zero-order valence-corrected chi connectivity index (χ0v) is 16.5. The predicted molar refractivity (Wildman–Crippen MR) is 105 cm³/mol. The van der Waals surface area contributed by atoms with Gasteiger partial charge in [-0.1, -0.05) is 26.0 Å². The predicted octanol–water partition coefficient (Wildman–Crippen LogP) is 2.34. The molecule has 1 aromatic rings. The number of ether oxygens (including phenoxy) is 1. The van der Waals surface area contributed by atoms with Crippen LogP contribution in [0.1, 0.15) is 43.7 Å². The van der Waals surface area contributed by atoms with Gasteiger partial charge in [-0.25, -0.2) is 9.59 Å². The van der Waals surface area contributed by atoms with Crippen LogP contribution in [0.25, 0.3) is 0 Å². The first-order valence-electron chi connectivity index (χ1n) is 9.44. The fourth-order valence-corrected chi connectivity index (χ4v) is 2.80. The van der Waals surface area contributed by atoms with E-state index in [1.807, 2.05) is 0 Å². The van der Waals surface area contributed by atoms with Crippen molar-refractivity contribution >= 4 is 11.9 Å². The highest BCUT2D eigenvalue weighted by molar-refractivity contribution is 6.27. The average molecular weight is 380 g/mol. The van der Waals surface area contributed by atoms with E-state index in [1.165, 1.54) is 37.2 Å². The maximum absolute atomic E-state index is 9.10. The average Bonchev–Trinajstić information content (AvgIpc) is 2.62. The summed E-state index contributed by atoms with van der Waals surface area (Å²) in [5.74, 6) is -2.06. The Morgan fingerprint density at radius 3 is 2.33 bits per heavy atom. The molecule has 0 bridgehead atoms. The summed E-state index contributed by atoms with van der Waals surface area (Å²) in [6.45, 7) is 13.3. The Labute approximate surface area is 161 Å². The van der Waals surface area contributed by atoms with Crippen molar-refractivity contribution < 1.29 is 24.5 Å². The number of unbranched alkanes of at least 4 members (excludes halogenated alkanes) is 1. The van der Waals surface area contributed by atoms with E-state index in [9.17, 15) is 0 Å². The Hall–Kier alpha value is -2.12. The quantitative estimate of drug-likeness (QED) is 0.493. The smallest absolute Gasteiger partial charge is 0.414 e. The third-order valence-electron chi connectivity index (χ3n) is 4.31. The summed E-state index contributed by atoms with van der Waals surface area (Å²) in [5.41, 5.74) is 2.60. The van der Waals surface area contributed by atoms with E-state index in [2.05, 4.69) is 49.2 Å². The van der Waals surface area contributed by atoms with Crippen molar-refractivity contribution in [2.45, 2.75) is 39.5 Å². The number of benzene rings is 1. The van der Waals surface area contributed by atoms with Crippen LogP contribution < -0.4 is 10.1 Å². The molecule has 0 radical (unpaired) electrons. The number of carboxylic acids is 2. The highest BCUT2D eigenvalue weighted by atomic mass is 16.5. The van der Waals surface area contributed by atoms with E-state index in [0.29, 0.717) is 5.92 Å². The number of hydrogen-bond acceptors (Lipinski definition) is 5. The van der Waals surface area contributed by atoms with Crippen molar-refractivity contribution in [1.29, 1.82) is 0 Å². The second-order valence-corrected chi connectivity index (χ2v) is 6.95. The number of carboxylic acid groups (broad SMARTS) is 2. The Morgan fingerprint density at radius 2 is 1.78 bits per heavy atom. The lowest BCUT2D eigenvalue weighted by atomic mass is 10.0. The molecule has 3 N–H and O–H groups in total. The number of piperazine rings is 1. The molecule has 0 aliphatic carbocycles. The molecule has 0 spiro atoms. The van der Waals surface area contributed by atoms with E-state index in [-0.39, 0.29) is 0 Å². The van der Waals surface area contributed by atoms with Crippen molar-refractivity contribution in [2.75, 3.05) is 39.3 Å². The molecule has 0 unspecified atom stereocenters. The first kappa shape index (κ1) is 22.9. The topological polar surface area (TPSA) is 99.1 Å². The molecule has 152 valence electrons. The molecule has 27 heavy (non-hydrogen) atoms. The van der Waals surface area contributed by atoms with Crippen molar-refractivity contribution in [3.8, 4) is 5.75 Å². The second-order valence-electron chi connectivity index (χ2n) is 6.95. The van der Waals surface area contributed by atoms with Gasteiger partial charge in [-0.3, -0.25) is 0 Å². The summed E-state index contributed by atoms with van der Waals surface area (Å²) < 4.78 is 6.04. The van der Waals surface area contributed by atoms with Crippen molar-refractivity contribution in [3.05, 3.63) is 29.3 Å². The minimum absolute atomic E-state index is 0.515. The molecule has 1 fully saturated rings. The highest BCUT2D eigenvalue weighted by Crippen LogP contribution is 2.27. The Balaban J connectivity index is 0.000000527. The van der Waals surface area contributed by atoms with Gasteiger partial charge >= 0.3 is 11.9 Å². The summed E-state index contributed by atoms with van der Waals surface area (Å²) in [6, 6.07) is 6.55. The van der Waals surface area contributed by atoms with Gasteiger partial charge in [0.25, 0.3) is 0 Å². The number of nitrogens with zero attached hydrogens (tertiary/aromatic N) is 1. The number of nitrogens with one attached hydrogen (secondary N) is 1. The summed E-state index contributed by atoms with van der Waals surface area (Å²) >= 11 is 0. The van der Waals surface area contributed by atoms with Gasteiger partial charge in [0.15, 0.2) is 0 Å². The molecule has 0 saturated carbocycles. The van der Waals surface area contributed by atoms with E-state index in [0.717, 1.165) is 31.9 Å². The van der Waals surface area contributed by atoms with Crippen LogP contribution in [0.3, 0.4) is 0 Å². The fraction of sp³-hybridized carbons (Fsp3) is 0.600. The standard InChI is InChI=1S/C18H30N2O.C2H2O4/c1-15(2)17-7-6-16(3)14-18(17)21-13-5-4-10-20-11-8-19-9-12-20;3-1(4)2(5)6/h6-7,14-15,19H,4-5,8-13H2,1-3H3;(H,3,4)(H,5,6). The molecule has 7 nitrogen and oxygen atoms in total. The van der Waals surface area contributed by atoms with Crippen LogP contribution in [0.4, 0.5) is 0 Å². The van der Waals surface area contributed by atoms with Gasteiger partial charge in [0.1, 0.15) is 5.75 Å². The first-order valence-corrected chi connectivity index (χ1v) is 9.44. The van der Waals surface area contributed by atoms with Crippen LogP contribution in [0.5, 0.6) is 5.75 Å².